The molecule has 114 valence electrons. The molecular weight excluding hydrogens is 250 g/mol. The molecule has 0 aromatic heterocycles. The van der Waals surface area contributed by atoms with Crippen molar-refractivity contribution in [3.05, 3.63) is 0 Å². The Morgan fingerprint density at radius 2 is 2.05 bits per heavy atom. The van der Waals surface area contributed by atoms with Gasteiger partial charge in [-0.05, 0) is 63.5 Å². The number of fused-ring (bicyclic) bond motifs is 2. The summed E-state index contributed by atoms with van der Waals surface area (Å²) < 4.78 is 0. The first-order valence-corrected chi connectivity index (χ1v) is 8.25. The van der Waals surface area contributed by atoms with Crippen LogP contribution in [0.25, 0.3) is 0 Å². The van der Waals surface area contributed by atoms with Gasteiger partial charge in [0, 0.05) is 26.2 Å². The van der Waals surface area contributed by atoms with E-state index in [-0.39, 0.29) is 12.0 Å². The van der Waals surface area contributed by atoms with Gasteiger partial charge in [0.05, 0.1) is 5.92 Å². The van der Waals surface area contributed by atoms with Gasteiger partial charge in [0.25, 0.3) is 0 Å². The zero-order chi connectivity index (χ0) is 14.3. The van der Waals surface area contributed by atoms with Crippen LogP contribution in [0.15, 0.2) is 0 Å². The van der Waals surface area contributed by atoms with Gasteiger partial charge in [0.15, 0.2) is 0 Å². The minimum Gasteiger partial charge on any atom is -0.345 e. The van der Waals surface area contributed by atoms with Crippen molar-refractivity contribution in [1.82, 2.24) is 9.80 Å². The van der Waals surface area contributed by atoms with Gasteiger partial charge >= 0.3 is 0 Å². The van der Waals surface area contributed by atoms with Crippen LogP contribution in [0.3, 0.4) is 0 Å². The van der Waals surface area contributed by atoms with Crippen molar-refractivity contribution >= 4 is 5.91 Å². The molecule has 3 rings (SSSR count). The summed E-state index contributed by atoms with van der Waals surface area (Å²) in [6, 6.07) is 0.123. The third kappa shape index (κ3) is 2.60. The van der Waals surface area contributed by atoms with E-state index in [1.54, 1.807) is 0 Å². The highest BCUT2D eigenvalue weighted by molar-refractivity contribution is 5.80. The van der Waals surface area contributed by atoms with E-state index in [2.05, 4.69) is 11.9 Å². The molecule has 3 aliphatic rings. The summed E-state index contributed by atoms with van der Waals surface area (Å²) in [5.41, 5.74) is 6.30. The summed E-state index contributed by atoms with van der Waals surface area (Å²) in [7, 11) is 4.16. The predicted octanol–water partition coefficient (Wildman–Crippen LogP) is 1.16. The standard InChI is InChI=1S/C16H29N3O/c1-18-7-3-4-11(9-18)10-19(2)16(20)14-12-5-6-13(8-12)15(14)17/h11-15H,3-10,17H2,1-2H3. The quantitative estimate of drug-likeness (QED) is 0.843. The zero-order valence-electron chi connectivity index (χ0n) is 12.9. The number of carbonyl (C=O) groups excluding carboxylic acids is 1. The molecule has 1 saturated heterocycles. The van der Waals surface area contributed by atoms with Crippen LogP contribution in [0.4, 0.5) is 0 Å². The molecule has 0 aromatic carbocycles. The Morgan fingerprint density at radius 3 is 2.70 bits per heavy atom. The van der Waals surface area contributed by atoms with Gasteiger partial charge in [-0.1, -0.05) is 0 Å². The first-order chi connectivity index (χ1) is 9.56. The van der Waals surface area contributed by atoms with Gasteiger partial charge in [0.2, 0.25) is 5.91 Å². The molecule has 1 heterocycles. The van der Waals surface area contributed by atoms with E-state index in [0.717, 1.165) is 13.1 Å². The predicted molar refractivity (Wildman–Crippen MR) is 80.2 cm³/mol. The maximum Gasteiger partial charge on any atom is 0.227 e. The van der Waals surface area contributed by atoms with Crippen molar-refractivity contribution in [3.8, 4) is 0 Å². The lowest BCUT2D eigenvalue weighted by Crippen LogP contribution is -2.48. The molecule has 5 unspecified atom stereocenters. The van der Waals surface area contributed by atoms with Gasteiger partial charge in [-0.3, -0.25) is 4.79 Å². The number of rotatable bonds is 3. The number of hydrogen-bond donors (Lipinski definition) is 1. The largest absolute Gasteiger partial charge is 0.345 e. The molecule has 1 amide bonds. The Balaban J connectivity index is 1.57. The number of nitrogens with zero attached hydrogens (tertiary/aromatic N) is 2. The van der Waals surface area contributed by atoms with Crippen molar-refractivity contribution in [2.24, 2.45) is 29.4 Å². The molecule has 2 N–H and O–H groups in total. The summed E-state index contributed by atoms with van der Waals surface area (Å²) in [5, 5.41) is 0. The van der Waals surface area contributed by atoms with Crippen molar-refractivity contribution in [2.45, 2.75) is 38.1 Å². The molecule has 4 heteroatoms. The lowest BCUT2D eigenvalue weighted by atomic mass is 9.84. The minimum absolute atomic E-state index is 0.111. The van der Waals surface area contributed by atoms with E-state index in [4.69, 9.17) is 5.73 Å². The van der Waals surface area contributed by atoms with E-state index in [0.29, 0.717) is 23.7 Å². The Morgan fingerprint density at radius 1 is 1.30 bits per heavy atom. The highest BCUT2D eigenvalue weighted by atomic mass is 16.2. The van der Waals surface area contributed by atoms with Gasteiger partial charge in [0.1, 0.15) is 0 Å². The lowest BCUT2D eigenvalue weighted by molar-refractivity contribution is -0.137. The SMILES string of the molecule is CN1CCCC(CN(C)C(=O)C2C3CCC(C3)C2N)C1. The summed E-state index contributed by atoms with van der Waals surface area (Å²) in [4.78, 5) is 17.1. The second-order valence-corrected chi connectivity index (χ2v) is 7.43. The number of carbonyl (C=O) groups is 1. The fraction of sp³-hybridized carbons (Fsp3) is 0.938. The number of hydrogen-bond acceptors (Lipinski definition) is 3. The van der Waals surface area contributed by atoms with Crippen LogP contribution in [-0.2, 0) is 4.79 Å². The zero-order valence-corrected chi connectivity index (χ0v) is 12.9. The van der Waals surface area contributed by atoms with E-state index < -0.39 is 0 Å². The van der Waals surface area contributed by atoms with Crippen LogP contribution in [-0.4, -0.2) is 55.5 Å². The van der Waals surface area contributed by atoms with Gasteiger partial charge in [-0.2, -0.15) is 0 Å². The van der Waals surface area contributed by atoms with Crippen LogP contribution in [0.2, 0.25) is 0 Å². The first kappa shape index (κ1) is 14.3. The summed E-state index contributed by atoms with van der Waals surface area (Å²) in [5.74, 6) is 2.25. The maximum atomic E-state index is 12.7. The highest BCUT2D eigenvalue weighted by Gasteiger charge is 2.49. The fourth-order valence-corrected chi connectivity index (χ4v) is 4.86. The molecule has 2 saturated carbocycles. The smallest absolute Gasteiger partial charge is 0.227 e. The highest BCUT2D eigenvalue weighted by Crippen LogP contribution is 2.48. The topological polar surface area (TPSA) is 49.6 Å². The molecule has 4 nitrogen and oxygen atoms in total. The second kappa shape index (κ2) is 5.64. The molecule has 20 heavy (non-hydrogen) atoms. The molecule has 0 radical (unpaired) electrons. The average molecular weight is 279 g/mol. The molecule has 5 atom stereocenters. The molecule has 2 bridgehead atoms. The molecule has 3 fully saturated rings. The third-order valence-corrected chi connectivity index (χ3v) is 5.90. The average Bonchev–Trinajstić information content (AvgIpc) is 2.98. The number of amides is 1. The Hall–Kier alpha value is -0.610. The van der Waals surface area contributed by atoms with Crippen LogP contribution in [0.1, 0.15) is 32.1 Å². The van der Waals surface area contributed by atoms with Gasteiger partial charge in [-0.15, -0.1) is 0 Å². The van der Waals surface area contributed by atoms with Crippen LogP contribution < -0.4 is 5.73 Å². The maximum absolute atomic E-state index is 12.7. The van der Waals surface area contributed by atoms with E-state index in [1.807, 2.05) is 11.9 Å². The van der Waals surface area contributed by atoms with Crippen molar-refractivity contribution in [3.63, 3.8) is 0 Å². The summed E-state index contributed by atoms with van der Waals surface area (Å²) >= 11 is 0. The molecule has 0 aromatic rings. The van der Waals surface area contributed by atoms with Crippen LogP contribution >= 0.6 is 0 Å². The summed E-state index contributed by atoms with van der Waals surface area (Å²) in [6.07, 6.45) is 6.17. The van der Waals surface area contributed by atoms with Crippen molar-refractivity contribution in [1.29, 1.82) is 0 Å². The number of piperidine rings is 1. The molecule has 0 spiro atoms. The number of nitrogens with two attached hydrogens (primary N) is 1. The van der Waals surface area contributed by atoms with Crippen molar-refractivity contribution < 1.29 is 4.79 Å². The van der Waals surface area contributed by atoms with Crippen LogP contribution in [0.5, 0.6) is 0 Å². The second-order valence-electron chi connectivity index (χ2n) is 7.43. The van der Waals surface area contributed by atoms with E-state index in [1.165, 1.54) is 38.6 Å². The minimum atomic E-state index is 0.111. The van der Waals surface area contributed by atoms with Gasteiger partial charge < -0.3 is 15.5 Å². The lowest BCUT2D eigenvalue weighted by Gasteiger charge is -2.35. The molecule has 2 aliphatic carbocycles. The Labute approximate surface area is 122 Å². The van der Waals surface area contributed by atoms with E-state index in [9.17, 15) is 4.79 Å². The molecular formula is C16H29N3O. The van der Waals surface area contributed by atoms with E-state index >= 15 is 0 Å². The normalized spacial score (nSPS) is 41.0. The Kier molecular flexibility index (Phi) is 4.04. The monoisotopic (exact) mass is 279 g/mol. The Bertz CT molecular complexity index is 371. The summed E-state index contributed by atoms with van der Waals surface area (Å²) in [6.45, 7) is 3.23. The van der Waals surface area contributed by atoms with Crippen molar-refractivity contribution in [2.75, 3.05) is 33.7 Å². The fourth-order valence-electron chi connectivity index (χ4n) is 4.86. The third-order valence-electron chi connectivity index (χ3n) is 5.90. The van der Waals surface area contributed by atoms with Gasteiger partial charge in [-0.25, -0.2) is 0 Å². The van der Waals surface area contributed by atoms with Crippen LogP contribution in [0, 0.1) is 23.7 Å². The number of likely N-dealkylation sites (tertiary alicyclic amines) is 1. The molecule has 1 aliphatic heterocycles. The first-order valence-electron chi connectivity index (χ1n) is 8.25.